The normalized spacial score (nSPS) is 13.2. The van der Waals surface area contributed by atoms with Gasteiger partial charge in [-0.05, 0) is 18.6 Å². The summed E-state index contributed by atoms with van der Waals surface area (Å²) in [5.74, 6) is 1.36. The average Bonchev–Trinajstić information content (AvgIpc) is 2.62. The van der Waals surface area contributed by atoms with Crippen LogP contribution in [0.3, 0.4) is 0 Å². The lowest BCUT2D eigenvalue weighted by Gasteiger charge is -2.06. The summed E-state index contributed by atoms with van der Waals surface area (Å²) in [4.78, 5) is 0. The zero-order chi connectivity index (χ0) is 9.68. The second-order valence-electron chi connectivity index (χ2n) is 3.21. The summed E-state index contributed by atoms with van der Waals surface area (Å²) in [5, 5.41) is 8.77. The van der Waals surface area contributed by atoms with Crippen molar-refractivity contribution < 1.29 is 9.52 Å². The maximum Gasteiger partial charge on any atom is 0.129 e. The lowest BCUT2D eigenvalue weighted by atomic mass is 10.1. The third-order valence-electron chi connectivity index (χ3n) is 2.07. The van der Waals surface area contributed by atoms with Crippen LogP contribution >= 0.6 is 0 Å². The van der Waals surface area contributed by atoms with E-state index >= 15 is 0 Å². The Labute approximate surface area is 78.5 Å². The van der Waals surface area contributed by atoms with Crippen molar-refractivity contribution in [3.63, 3.8) is 0 Å². The lowest BCUT2D eigenvalue weighted by molar-refractivity contribution is 0.241. The third kappa shape index (κ3) is 2.86. The molecule has 0 unspecified atom stereocenters. The fourth-order valence-electron chi connectivity index (χ4n) is 1.25. The number of hydrogen-bond donors (Lipinski definition) is 2. The first-order valence-electron chi connectivity index (χ1n) is 4.73. The fraction of sp³-hybridized carbons (Fsp3) is 0.600. The van der Waals surface area contributed by atoms with Gasteiger partial charge < -0.3 is 15.3 Å². The van der Waals surface area contributed by atoms with Crippen molar-refractivity contribution in [2.24, 2.45) is 5.73 Å². The summed E-state index contributed by atoms with van der Waals surface area (Å²) in [6.07, 6.45) is 3.19. The first-order valence-corrected chi connectivity index (χ1v) is 4.73. The molecule has 0 saturated heterocycles. The van der Waals surface area contributed by atoms with Crippen LogP contribution in [-0.4, -0.2) is 5.11 Å². The Hall–Kier alpha value is -0.800. The van der Waals surface area contributed by atoms with Gasteiger partial charge in [-0.25, -0.2) is 0 Å². The summed E-state index contributed by atoms with van der Waals surface area (Å²) in [5.41, 5.74) is 5.87. The predicted octanol–water partition coefficient (Wildman–Crippen LogP) is 1.96. The van der Waals surface area contributed by atoms with Crippen molar-refractivity contribution in [1.82, 2.24) is 0 Å². The lowest BCUT2D eigenvalue weighted by Crippen LogP contribution is -2.08. The number of hydrogen-bond acceptors (Lipinski definition) is 3. The van der Waals surface area contributed by atoms with Crippen LogP contribution in [0.5, 0.6) is 0 Å². The summed E-state index contributed by atoms with van der Waals surface area (Å²) in [6, 6.07) is 3.58. The van der Waals surface area contributed by atoms with Gasteiger partial charge in [0.2, 0.25) is 0 Å². The Bertz CT molecular complexity index is 245. The quantitative estimate of drug-likeness (QED) is 0.733. The SMILES string of the molecule is CCCC[C@@H](N)c1ccc(CO)o1. The van der Waals surface area contributed by atoms with Gasteiger partial charge in [-0.2, -0.15) is 0 Å². The molecular weight excluding hydrogens is 166 g/mol. The first-order chi connectivity index (χ1) is 6.27. The zero-order valence-electron chi connectivity index (χ0n) is 7.99. The number of nitrogens with two attached hydrogens (primary N) is 1. The monoisotopic (exact) mass is 183 g/mol. The standard InChI is InChI=1S/C10H17NO2/c1-2-3-4-9(11)10-6-5-8(7-12)13-10/h5-6,9,12H,2-4,7,11H2,1H3/t9-/m1/s1. The average molecular weight is 183 g/mol. The number of rotatable bonds is 5. The highest BCUT2D eigenvalue weighted by atomic mass is 16.4. The van der Waals surface area contributed by atoms with Crippen LogP contribution in [0.1, 0.15) is 43.7 Å². The molecule has 3 heteroatoms. The number of aliphatic hydroxyl groups excluding tert-OH is 1. The van der Waals surface area contributed by atoms with E-state index in [9.17, 15) is 0 Å². The van der Waals surface area contributed by atoms with Crippen LogP contribution in [-0.2, 0) is 6.61 Å². The van der Waals surface area contributed by atoms with Crippen molar-refractivity contribution in [2.45, 2.75) is 38.8 Å². The van der Waals surface area contributed by atoms with Gasteiger partial charge in [-0.3, -0.25) is 0 Å². The minimum absolute atomic E-state index is 0.0275. The van der Waals surface area contributed by atoms with Gasteiger partial charge >= 0.3 is 0 Å². The highest BCUT2D eigenvalue weighted by Crippen LogP contribution is 2.19. The number of furan rings is 1. The Morgan fingerprint density at radius 1 is 1.54 bits per heavy atom. The molecule has 0 saturated carbocycles. The molecule has 74 valence electrons. The minimum atomic E-state index is -0.0551. The van der Waals surface area contributed by atoms with E-state index in [2.05, 4.69) is 6.92 Å². The van der Waals surface area contributed by atoms with E-state index in [0.717, 1.165) is 25.0 Å². The molecule has 0 fully saturated rings. The molecule has 0 aliphatic rings. The van der Waals surface area contributed by atoms with Gasteiger partial charge in [0, 0.05) is 0 Å². The van der Waals surface area contributed by atoms with Gasteiger partial charge in [0.05, 0.1) is 6.04 Å². The van der Waals surface area contributed by atoms with Crippen molar-refractivity contribution in [3.8, 4) is 0 Å². The predicted molar refractivity (Wildman–Crippen MR) is 51.1 cm³/mol. The molecule has 3 N–H and O–H groups in total. The van der Waals surface area contributed by atoms with E-state index in [1.807, 2.05) is 6.07 Å². The fourth-order valence-corrected chi connectivity index (χ4v) is 1.25. The van der Waals surface area contributed by atoms with Crippen LogP contribution in [0.4, 0.5) is 0 Å². The molecule has 3 nitrogen and oxygen atoms in total. The molecule has 0 aliphatic heterocycles. The van der Waals surface area contributed by atoms with E-state index in [-0.39, 0.29) is 12.6 Å². The summed E-state index contributed by atoms with van der Waals surface area (Å²) >= 11 is 0. The van der Waals surface area contributed by atoms with E-state index in [1.165, 1.54) is 0 Å². The summed E-state index contributed by atoms with van der Waals surface area (Å²) in [6.45, 7) is 2.08. The van der Waals surface area contributed by atoms with Crippen molar-refractivity contribution >= 4 is 0 Å². The third-order valence-corrected chi connectivity index (χ3v) is 2.07. The molecule has 1 aromatic heterocycles. The molecule has 13 heavy (non-hydrogen) atoms. The second kappa shape index (κ2) is 5.04. The molecule has 1 atom stereocenters. The molecule has 0 bridgehead atoms. The Balaban J connectivity index is 2.50. The summed E-state index contributed by atoms with van der Waals surface area (Å²) < 4.78 is 5.32. The molecule has 0 spiro atoms. The zero-order valence-corrected chi connectivity index (χ0v) is 7.99. The van der Waals surface area contributed by atoms with Gasteiger partial charge in [0.1, 0.15) is 18.1 Å². The molecule has 1 heterocycles. The van der Waals surface area contributed by atoms with E-state index in [0.29, 0.717) is 5.76 Å². The van der Waals surface area contributed by atoms with E-state index < -0.39 is 0 Å². The maximum atomic E-state index is 8.77. The highest BCUT2D eigenvalue weighted by molar-refractivity contribution is 5.09. The van der Waals surface area contributed by atoms with Crippen LogP contribution in [0, 0.1) is 0 Å². The molecule has 1 aromatic rings. The molecular formula is C10H17NO2. The van der Waals surface area contributed by atoms with Crippen molar-refractivity contribution in [3.05, 3.63) is 23.7 Å². The Kier molecular flexibility index (Phi) is 3.99. The maximum absolute atomic E-state index is 8.77. The van der Waals surface area contributed by atoms with Gasteiger partial charge in [0.15, 0.2) is 0 Å². The summed E-state index contributed by atoms with van der Waals surface area (Å²) in [7, 11) is 0. The largest absolute Gasteiger partial charge is 0.462 e. The van der Waals surface area contributed by atoms with E-state index in [1.54, 1.807) is 6.07 Å². The molecule has 0 amide bonds. The van der Waals surface area contributed by atoms with Crippen LogP contribution in [0.15, 0.2) is 16.5 Å². The topological polar surface area (TPSA) is 59.4 Å². The highest BCUT2D eigenvalue weighted by Gasteiger charge is 2.09. The second-order valence-corrected chi connectivity index (χ2v) is 3.21. The molecule has 0 aromatic carbocycles. The van der Waals surface area contributed by atoms with Crippen molar-refractivity contribution in [1.29, 1.82) is 0 Å². The van der Waals surface area contributed by atoms with Crippen LogP contribution in [0.25, 0.3) is 0 Å². The number of unbranched alkanes of at least 4 members (excludes halogenated alkanes) is 1. The van der Waals surface area contributed by atoms with Crippen molar-refractivity contribution in [2.75, 3.05) is 0 Å². The molecule has 0 radical (unpaired) electrons. The van der Waals surface area contributed by atoms with Gasteiger partial charge in [0.25, 0.3) is 0 Å². The van der Waals surface area contributed by atoms with Gasteiger partial charge in [-0.1, -0.05) is 19.8 Å². The minimum Gasteiger partial charge on any atom is -0.462 e. The smallest absolute Gasteiger partial charge is 0.129 e. The van der Waals surface area contributed by atoms with Crippen LogP contribution in [0.2, 0.25) is 0 Å². The number of aliphatic hydroxyl groups is 1. The van der Waals surface area contributed by atoms with Gasteiger partial charge in [-0.15, -0.1) is 0 Å². The van der Waals surface area contributed by atoms with Crippen LogP contribution < -0.4 is 5.73 Å². The van der Waals surface area contributed by atoms with E-state index in [4.69, 9.17) is 15.3 Å². The molecule has 1 rings (SSSR count). The Morgan fingerprint density at radius 2 is 2.31 bits per heavy atom. The Morgan fingerprint density at radius 3 is 2.85 bits per heavy atom. The molecule has 0 aliphatic carbocycles. The first kappa shape index (κ1) is 10.3.